The zero-order valence-corrected chi connectivity index (χ0v) is 11.6. The van der Waals surface area contributed by atoms with Crippen LogP contribution in [0.2, 0.25) is 0 Å². The van der Waals surface area contributed by atoms with E-state index in [0.29, 0.717) is 5.69 Å². The van der Waals surface area contributed by atoms with Crippen LogP contribution in [-0.2, 0) is 9.53 Å². The van der Waals surface area contributed by atoms with E-state index in [1.54, 1.807) is 6.07 Å². The molecule has 0 saturated carbocycles. The number of nitrogens with one attached hydrogen (secondary N) is 1. The smallest absolute Gasteiger partial charge is 0.356 e. The number of amides is 1. The summed E-state index contributed by atoms with van der Waals surface area (Å²) < 4.78 is 4.72. The van der Waals surface area contributed by atoms with Crippen LogP contribution in [-0.4, -0.2) is 28.7 Å². The van der Waals surface area contributed by atoms with Crippen LogP contribution in [0.5, 0.6) is 0 Å². The van der Waals surface area contributed by atoms with Crippen LogP contribution < -0.4 is 5.73 Å². The Labute approximate surface area is 125 Å². The van der Waals surface area contributed by atoms with Gasteiger partial charge in [-0.3, -0.25) is 9.89 Å². The number of nitrogens with zero attached hydrogens (tertiary/aromatic N) is 1. The number of ether oxygens (including phenoxy) is 1. The molecule has 0 atom stereocenters. The summed E-state index contributed by atoms with van der Waals surface area (Å²) in [4.78, 5) is 22.3. The van der Waals surface area contributed by atoms with Crippen molar-refractivity contribution in [1.82, 2.24) is 10.2 Å². The summed E-state index contributed by atoms with van der Waals surface area (Å²) in [5.74, 6) is -1.37. The maximum Gasteiger partial charge on any atom is 0.356 e. The van der Waals surface area contributed by atoms with E-state index in [0.717, 1.165) is 16.3 Å². The predicted molar refractivity (Wildman–Crippen MR) is 81.0 cm³/mol. The average Bonchev–Trinajstić information content (AvgIpc) is 3.02. The first kappa shape index (κ1) is 13.8. The lowest BCUT2D eigenvalue weighted by atomic mass is 10.1. The predicted octanol–water partition coefficient (Wildman–Crippen LogP) is 1.87. The second kappa shape index (κ2) is 5.69. The molecule has 3 N–H and O–H groups in total. The maximum absolute atomic E-state index is 11.7. The number of aromatic amines is 1. The fourth-order valence-electron chi connectivity index (χ4n) is 2.14. The highest BCUT2D eigenvalue weighted by atomic mass is 16.5. The van der Waals surface area contributed by atoms with Gasteiger partial charge in [-0.25, -0.2) is 4.79 Å². The molecule has 0 bridgehead atoms. The minimum absolute atomic E-state index is 0.171. The molecule has 0 fully saturated rings. The molecule has 1 aromatic heterocycles. The van der Waals surface area contributed by atoms with Gasteiger partial charge in [-0.1, -0.05) is 36.4 Å². The molecule has 2 aromatic carbocycles. The van der Waals surface area contributed by atoms with Crippen molar-refractivity contribution in [3.63, 3.8) is 0 Å². The van der Waals surface area contributed by atoms with Crippen molar-refractivity contribution in [3.8, 4) is 11.3 Å². The zero-order chi connectivity index (χ0) is 15.5. The Bertz CT molecular complexity index is 854. The van der Waals surface area contributed by atoms with Crippen LogP contribution >= 0.6 is 0 Å². The van der Waals surface area contributed by atoms with Gasteiger partial charge in [-0.05, 0) is 22.9 Å². The summed E-state index contributed by atoms with van der Waals surface area (Å²) in [6, 6.07) is 15.5. The number of esters is 1. The average molecular weight is 295 g/mol. The standard InChI is InChI=1S/C16H13N3O3/c17-15(20)9-22-16(21)14-8-13(18-19-14)12-6-5-10-3-1-2-4-11(10)7-12/h1-8H,9H2,(H2,17,20)(H,18,19). The maximum atomic E-state index is 11.7. The molecular formula is C16H13N3O3. The number of fused-ring (bicyclic) bond motifs is 1. The molecule has 0 saturated heterocycles. The monoisotopic (exact) mass is 295 g/mol. The summed E-state index contributed by atoms with van der Waals surface area (Å²) in [5, 5.41) is 8.91. The first-order valence-electron chi connectivity index (χ1n) is 6.63. The van der Waals surface area contributed by atoms with Gasteiger partial charge in [0, 0.05) is 5.56 Å². The Morgan fingerprint density at radius 2 is 1.86 bits per heavy atom. The lowest BCUT2D eigenvalue weighted by Crippen LogP contribution is -2.21. The lowest BCUT2D eigenvalue weighted by molar-refractivity contribution is -0.121. The molecule has 0 spiro atoms. The topological polar surface area (TPSA) is 98.1 Å². The van der Waals surface area contributed by atoms with E-state index in [1.165, 1.54) is 0 Å². The van der Waals surface area contributed by atoms with Gasteiger partial charge in [0.05, 0.1) is 5.69 Å². The van der Waals surface area contributed by atoms with E-state index < -0.39 is 18.5 Å². The normalized spacial score (nSPS) is 10.5. The summed E-state index contributed by atoms with van der Waals surface area (Å²) in [5.41, 5.74) is 6.60. The summed E-state index contributed by atoms with van der Waals surface area (Å²) in [7, 11) is 0. The molecule has 6 heteroatoms. The molecule has 110 valence electrons. The number of primary amides is 1. The first-order valence-corrected chi connectivity index (χ1v) is 6.63. The molecule has 0 radical (unpaired) electrons. The zero-order valence-electron chi connectivity index (χ0n) is 11.6. The number of aromatic nitrogens is 2. The van der Waals surface area contributed by atoms with Crippen LogP contribution in [0.4, 0.5) is 0 Å². The van der Waals surface area contributed by atoms with Crippen molar-refractivity contribution < 1.29 is 14.3 Å². The van der Waals surface area contributed by atoms with Gasteiger partial charge in [-0.2, -0.15) is 5.10 Å². The second-order valence-electron chi connectivity index (χ2n) is 4.77. The second-order valence-corrected chi connectivity index (χ2v) is 4.77. The van der Waals surface area contributed by atoms with Gasteiger partial charge >= 0.3 is 5.97 Å². The van der Waals surface area contributed by atoms with Crippen LogP contribution in [0.3, 0.4) is 0 Å². The molecule has 1 amide bonds. The Kier molecular flexibility index (Phi) is 3.57. The third-order valence-electron chi connectivity index (χ3n) is 3.19. The Morgan fingerprint density at radius 3 is 2.64 bits per heavy atom. The van der Waals surface area contributed by atoms with E-state index in [1.807, 2.05) is 42.5 Å². The Hall–Kier alpha value is -3.15. The van der Waals surface area contributed by atoms with Gasteiger partial charge in [0.25, 0.3) is 5.91 Å². The largest absolute Gasteiger partial charge is 0.451 e. The first-order chi connectivity index (χ1) is 10.6. The molecule has 3 rings (SSSR count). The summed E-state index contributed by atoms with van der Waals surface area (Å²) >= 11 is 0. The number of hydrogen-bond donors (Lipinski definition) is 2. The highest BCUT2D eigenvalue weighted by molar-refractivity contribution is 5.91. The molecule has 6 nitrogen and oxygen atoms in total. The van der Waals surface area contributed by atoms with Crippen LogP contribution in [0.15, 0.2) is 48.5 Å². The molecule has 0 aliphatic carbocycles. The number of nitrogens with two attached hydrogens (primary N) is 1. The molecule has 0 aliphatic rings. The molecule has 0 unspecified atom stereocenters. The Balaban J connectivity index is 1.85. The number of carbonyl (C=O) groups is 2. The Morgan fingerprint density at radius 1 is 1.09 bits per heavy atom. The molecule has 1 heterocycles. The van der Waals surface area contributed by atoms with E-state index in [4.69, 9.17) is 10.5 Å². The molecule has 0 aliphatic heterocycles. The van der Waals surface area contributed by atoms with Gasteiger partial charge < -0.3 is 10.5 Å². The summed E-state index contributed by atoms with van der Waals surface area (Å²) in [6.07, 6.45) is 0. The minimum atomic E-state index is -0.706. The number of rotatable bonds is 4. The van der Waals surface area contributed by atoms with E-state index in [2.05, 4.69) is 10.2 Å². The van der Waals surface area contributed by atoms with Crippen LogP contribution in [0.25, 0.3) is 22.0 Å². The summed E-state index contributed by atoms with van der Waals surface area (Å²) in [6.45, 7) is -0.455. The van der Waals surface area contributed by atoms with E-state index in [-0.39, 0.29) is 5.69 Å². The highest BCUT2D eigenvalue weighted by Gasteiger charge is 2.13. The third kappa shape index (κ3) is 2.80. The lowest BCUT2D eigenvalue weighted by Gasteiger charge is -2.00. The number of benzene rings is 2. The van der Waals surface area contributed by atoms with Crippen molar-refractivity contribution in [1.29, 1.82) is 0 Å². The number of carbonyl (C=O) groups excluding carboxylic acids is 2. The molecule has 22 heavy (non-hydrogen) atoms. The highest BCUT2D eigenvalue weighted by Crippen LogP contribution is 2.23. The van der Waals surface area contributed by atoms with Crippen LogP contribution in [0.1, 0.15) is 10.5 Å². The van der Waals surface area contributed by atoms with Crippen molar-refractivity contribution >= 4 is 22.6 Å². The number of hydrogen-bond acceptors (Lipinski definition) is 4. The van der Waals surface area contributed by atoms with Gasteiger partial charge in [0.15, 0.2) is 6.61 Å². The fraction of sp³-hybridized carbons (Fsp3) is 0.0625. The SMILES string of the molecule is NC(=O)COC(=O)c1cc(-c2ccc3ccccc3c2)n[nH]1. The third-order valence-corrected chi connectivity index (χ3v) is 3.19. The molecule has 3 aromatic rings. The van der Waals surface area contributed by atoms with Gasteiger partial charge in [-0.15, -0.1) is 0 Å². The van der Waals surface area contributed by atoms with Gasteiger partial charge in [0.2, 0.25) is 0 Å². The van der Waals surface area contributed by atoms with Crippen molar-refractivity contribution in [3.05, 3.63) is 54.2 Å². The van der Waals surface area contributed by atoms with Crippen molar-refractivity contribution in [2.45, 2.75) is 0 Å². The fourth-order valence-corrected chi connectivity index (χ4v) is 2.14. The van der Waals surface area contributed by atoms with Crippen molar-refractivity contribution in [2.75, 3.05) is 6.61 Å². The quantitative estimate of drug-likeness (QED) is 0.718. The number of H-pyrrole nitrogens is 1. The minimum Gasteiger partial charge on any atom is -0.451 e. The van der Waals surface area contributed by atoms with Crippen LogP contribution in [0, 0.1) is 0 Å². The van der Waals surface area contributed by atoms with E-state index >= 15 is 0 Å². The molecular weight excluding hydrogens is 282 g/mol. The van der Waals surface area contributed by atoms with E-state index in [9.17, 15) is 9.59 Å². The van der Waals surface area contributed by atoms with Crippen molar-refractivity contribution in [2.24, 2.45) is 5.73 Å². The van der Waals surface area contributed by atoms with Gasteiger partial charge in [0.1, 0.15) is 5.69 Å².